The maximum Gasteiger partial charge on any atom is 0.0998 e. The molecule has 3 heteroatoms. The molecule has 8 rings (SSSR count). The summed E-state index contributed by atoms with van der Waals surface area (Å²) in [6.07, 6.45) is 3.56. The fraction of sp³-hybridized carbons (Fsp3) is 0.0870. The molecule has 0 amide bonds. The number of nitrogens with zero attached hydrogens (tertiary/aromatic N) is 3. The van der Waals surface area contributed by atoms with E-state index in [1.165, 1.54) is 55.3 Å². The minimum absolute atomic E-state index is 0.620. The molecular formula is C46H35N3. The van der Waals surface area contributed by atoms with Crippen molar-refractivity contribution in [2.45, 2.75) is 27.7 Å². The zero-order chi connectivity index (χ0) is 33.6. The Bertz CT molecular complexity index is 2480. The van der Waals surface area contributed by atoms with Crippen LogP contribution in [0.15, 0.2) is 140 Å². The summed E-state index contributed by atoms with van der Waals surface area (Å²) in [4.78, 5) is 4.22. The van der Waals surface area contributed by atoms with E-state index in [-0.39, 0.29) is 0 Å². The van der Waals surface area contributed by atoms with Gasteiger partial charge < -0.3 is 4.57 Å². The van der Waals surface area contributed by atoms with E-state index in [0.717, 1.165) is 39.0 Å². The van der Waals surface area contributed by atoms with E-state index in [1.807, 2.05) is 18.2 Å². The van der Waals surface area contributed by atoms with Crippen LogP contribution in [0.2, 0.25) is 0 Å². The molecule has 0 radical (unpaired) electrons. The summed E-state index contributed by atoms with van der Waals surface area (Å²) in [5, 5.41) is 12.9. The smallest absolute Gasteiger partial charge is 0.0998 e. The second kappa shape index (κ2) is 12.1. The Labute approximate surface area is 287 Å². The van der Waals surface area contributed by atoms with E-state index in [4.69, 9.17) is 0 Å². The number of aromatic nitrogens is 2. The van der Waals surface area contributed by atoms with Crippen LogP contribution in [0.5, 0.6) is 0 Å². The second-order valence-electron chi connectivity index (χ2n) is 13.1. The molecule has 0 aliphatic rings. The monoisotopic (exact) mass is 629 g/mol. The molecule has 234 valence electrons. The summed E-state index contributed by atoms with van der Waals surface area (Å²) >= 11 is 0. The highest BCUT2D eigenvalue weighted by Gasteiger charge is 2.20. The van der Waals surface area contributed by atoms with Gasteiger partial charge in [-0.2, -0.15) is 5.26 Å². The minimum Gasteiger partial charge on any atom is -0.309 e. The number of fused-ring (bicyclic) bond motifs is 3. The number of aryl methyl sites for hydroxylation is 4. The molecule has 0 fully saturated rings. The van der Waals surface area contributed by atoms with Crippen molar-refractivity contribution in [1.29, 1.82) is 5.26 Å². The molecule has 49 heavy (non-hydrogen) atoms. The summed E-state index contributed by atoms with van der Waals surface area (Å²) in [6.45, 7) is 8.66. The Morgan fingerprint density at radius 3 is 1.57 bits per heavy atom. The van der Waals surface area contributed by atoms with Gasteiger partial charge in [-0.3, -0.25) is 4.98 Å². The van der Waals surface area contributed by atoms with Gasteiger partial charge in [0.15, 0.2) is 0 Å². The quantitative estimate of drug-likeness (QED) is 0.190. The molecule has 2 aromatic heterocycles. The minimum atomic E-state index is 0.620. The van der Waals surface area contributed by atoms with Crippen molar-refractivity contribution in [2.24, 2.45) is 0 Å². The zero-order valence-electron chi connectivity index (χ0n) is 28.1. The van der Waals surface area contributed by atoms with Crippen molar-refractivity contribution in [3.8, 4) is 56.3 Å². The predicted molar refractivity (Wildman–Crippen MR) is 204 cm³/mol. The van der Waals surface area contributed by atoms with Crippen molar-refractivity contribution in [1.82, 2.24) is 9.55 Å². The first-order valence-electron chi connectivity index (χ1n) is 16.7. The second-order valence-corrected chi connectivity index (χ2v) is 13.1. The summed E-state index contributed by atoms with van der Waals surface area (Å²) in [5.74, 6) is 0. The van der Waals surface area contributed by atoms with Crippen LogP contribution in [-0.2, 0) is 0 Å². The highest BCUT2D eigenvalue weighted by Crippen LogP contribution is 2.42. The lowest BCUT2D eigenvalue weighted by Gasteiger charge is -2.18. The number of nitriles is 1. The maximum atomic E-state index is 10.5. The molecular weight excluding hydrogens is 595 g/mol. The summed E-state index contributed by atoms with van der Waals surface area (Å²) in [7, 11) is 0. The van der Waals surface area contributed by atoms with E-state index >= 15 is 0 Å². The van der Waals surface area contributed by atoms with Crippen molar-refractivity contribution < 1.29 is 0 Å². The Morgan fingerprint density at radius 1 is 0.490 bits per heavy atom. The molecule has 0 atom stereocenters. The molecule has 3 nitrogen and oxygen atoms in total. The van der Waals surface area contributed by atoms with Gasteiger partial charge in [0, 0.05) is 34.3 Å². The van der Waals surface area contributed by atoms with E-state index in [1.54, 1.807) is 12.4 Å². The van der Waals surface area contributed by atoms with Crippen LogP contribution in [0.1, 0.15) is 27.8 Å². The van der Waals surface area contributed by atoms with Gasteiger partial charge in [0.05, 0.1) is 28.4 Å². The number of rotatable bonds is 5. The lowest BCUT2D eigenvalue weighted by molar-refractivity contribution is 1.18. The van der Waals surface area contributed by atoms with Crippen LogP contribution in [0.4, 0.5) is 0 Å². The average Bonchev–Trinajstić information content (AvgIpc) is 3.44. The van der Waals surface area contributed by atoms with E-state index in [9.17, 15) is 5.26 Å². The highest BCUT2D eigenvalue weighted by molar-refractivity contribution is 6.12. The van der Waals surface area contributed by atoms with Crippen molar-refractivity contribution in [3.63, 3.8) is 0 Å². The molecule has 0 saturated carbocycles. The van der Waals surface area contributed by atoms with Gasteiger partial charge in [-0.15, -0.1) is 0 Å². The fourth-order valence-electron chi connectivity index (χ4n) is 7.38. The van der Waals surface area contributed by atoms with Gasteiger partial charge in [0.25, 0.3) is 0 Å². The molecule has 2 heterocycles. The first-order valence-corrected chi connectivity index (χ1v) is 16.7. The third-order valence-electron chi connectivity index (χ3n) is 9.72. The van der Waals surface area contributed by atoms with Gasteiger partial charge in [0.1, 0.15) is 0 Å². The van der Waals surface area contributed by atoms with E-state index in [2.05, 4.69) is 153 Å². The van der Waals surface area contributed by atoms with Crippen LogP contribution in [0.25, 0.3) is 72.0 Å². The van der Waals surface area contributed by atoms with Gasteiger partial charge in [0.2, 0.25) is 0 Å². The zero-order valence-corrected chi connectivity index (χ0v) is 28.1. The largest absolute Gasteiger partial charge is 0.309 e. The predicted octanol–water partition coefficient (Wildman–Crippen LogP) is 12.0. The summed E-state index contributed by atoms with van der Waals surface area (Å²) < 4.78 is 2.35. The van der Waals surface area contributed by atoms with Crippen molar-refractivity contribution in [2.75, 3.05) is 0 Å². The maximum absolute atomic E-state index is 10.5. The van der Waals surface area contributed by atoms with Gasteiger partial charge in [-0.25, -0.2) is 0 Å². The molecule has 0 aliphatic carbocycles. The Kier molecular flexibility index (Phi) is 7.43. The van der Waals surface area contributed by atoms with Crippen LogP contribution in [0.3, 0.4) is 0 Å². The third kappa shape index (κ3) is 5.29. The van der Waals surface area contributed by atoms with Gasteiger partial charge in [-0.05, 0) is 121 Å². The molecule has 8 aromatic rings. The lowest BCUT2D eigenvalue weighted by Crippen LogP contribution is -2.00. The SMILES string of the molecule is Cc1ccc(-c2ccc3c(c2)c2cc(-c4ccc(C)cc4C)ccc2n3-c2cc(C#N)c(-c3ccncc3)cc2-c2ccccc2)c(C)c1. The van der Waals surface area contributed by atoms with Crippen LogP contribution < -0.4 is 0 Å². The number of hydrogen-bond acceptors (Lipinski definition) is 2. The van der Waals surface area contributed by atoms with Crippen LogP contribution >= 0.6 is 0 Å². The van der Waals surface area contributed by atoms with Crippen LogP contribution in [-0.4, -0.2) is 9.55 Å². The normalized spacial score (nSPS) is 11.2. The van der Waals surface area contributed by atoms with Gasteiger partial charge >= 0.3 is 0 Å². The number of pyridine rings is 1. The molecule has 0 spiro atoms. The number of hydrogen-bond donors (Lipinski definition) is 0. The first-order chi connectivity index (χ1) is 23.9. The molecule has 0 saturated heterocycles. The molecule has 6 aromatic carbocycles. The van der Waals surface area contributed by atoms with E-state index < -0.39 is 0 Å². The van der Waals surface area contributed by atoms with Crippen molar-refractivity contribution in [3.05, 3.63) is 168 Å². The Morgan fingerprint density at radius 2 is 1.04 bits per heavy atom. The molecule has 0 unspecified atom stereocenters. The highest BCUT2D eigenvalue weighted by atomic mass is 15.0. The Balaban J connectivity index is 1.46. The summed E-state index contributed by atoms with van der Waals surface area (Å²) in [6, 6.07) is 48.2. The third-order valence-corrected chi connectivity index (χ3v) is 9.72. The van der Waals surface area contributed by atoms with Gasteiger partial charge in [-0.1, -0.05) is 90.0 Å². The molecule has 0 bridgehead atoms. The molecule has 0 aliphatic heterocycles. The lowest BCUT2D eigenvalue weighted by atomic mass is 9.93. The topological polar surface area (TPSA) is 41.6 Å². The standard InChI is InChI=1S/C46H35N3/c1-29-10-14-38(31(3)22-29)35-12-16-44-42(24-35)43-25-36(39-15-11-30(2)23-32(39)4)13-17-45(43)49(44)46-26-37(28-47)40(34-18-20-48-21-19-34)27-41(46)33-8-6-5-7-9-33/h5-27H,1-4H3. The van der Waals surface area contributed by atoms with E-state index in [0.29, 0.717) is 5.56 Å². The molecule has 0 N–H and O–H groups in total. The Hall–Kier alpha value is -6.24. The van der Waals surface area contributed by atoms with Crippen molar-refractivity contribution >= 4 is 21.8 Å². The summed E-state index contributed by atoms with van der Waals surface area (Å²) in [5.41, 5.74) is 17.7. The van der Waals surface area contributed by atoms with Crippen LogP contribution in [0, 0.1) is 39.0 Å². The number of benzene rings is 6. The first kappa shape index (κ1) is 30.1. The fourth-order valence-corrected chi connectivity index (χ4v) is 7.38. The average molecular weight is 630 g/mol.